The zero-order valence-corrected chi connectivity index (χ0v) is 15.9. The van der Waals surface area contributed by atoms with Gasteiger partial charge in [0.2, 0.25) is 0 Å². The molecule has 140 valence electrons. The van der Waals surface area contributed by atoms with Gasteiger partial charge in [-0.2, -0.15) is 5.10 Å². The second-order valence-electron chi connectivity index (χ2n) is 6.95. The van der Waals surface area contributed by atoms with Crippen molar-refractivity contribution in [1.29, 1.82) is 0 Å². The molecule has 26 heavy (non-hydrogen) atoms. The Morgan fingerprint density at radius 1 is 1.19 bits per heavy atom. The van der Waals surface area contributed by atoms with Gasteiger partial charge in [-0.15, -0.1) is 12.4 Å². The number of nitrogens with zero attached hydrogens (tertiary/aromatic N) is 3. The van der Waals surface area contributed by atoms with Crippen molar-refractivity contribution in [3.8, 4) is 0 Å². The zero-order chi connectivity index (χ0) is 17.2. The zero-order valence-electron chi connectivity index (χ0n) is 15.1. The SMILES string of the molecule is Cc1ccccc1CN1CCN(C(=O)c2n[nH]c3c2CNCC3)CC1.Cl. The molecule has 6 nitrogen and oxygen atoms in total. The van der Waals surface area contributed by atoms with Crippen molar-refractivity contribution in [2.45, 2.75) is 26.4 Å². The standard InChI is InChI=1S/C19H25N5O.ClH/c1-14-4-2-3-5-15(14)13-23-8-10-24(11-9-23)19(25)18-16-12-20-7-6-17(16)21-22-18;/h2-5,20H,6-13H2,1H3,(H,21,22);1H. The van der Waals surface area contributed by atoms with E-state index in [1.165, 1.54) is 11.1 Å². The predicted octanol–water partition coefficient (Wildman–Crippen LogP) is 1.74. The highest BCUT2D eigenvalue weighted by Crippen LogP contribution is 2.18. The third-order valence-corrected chi connectivity index (χ3v) is 5.32. The van der Waals surface area contributed by atoms with E-state index in [2.05, 4.69) is 51.6 Å². The number of carbonyl (C=O) groups excluding carboxylic acids is 1. The molecule has 7 heteroatoms. The lowest BCUT2D eigenvalue weighted by Gasteiger charge is -2.34. The van der Waals surface area contributed by atoms with Crippen molar-refractivity contribution in [3.63, 3.8) is 0 Å². The Labute approximate surface area is 160 Å². The number of aromatic amines is 1. The number of benzene rings is 1. The molecule has 0 saturated carbocycles. The molecule has 0 aliphatic carbocycles. The number of rotatable bonds is 3. The highest BCUT2D eigenvalue weighted by Gasteiger charge is 2.28. The van der Waals surface area contributed by atoms with E-state index in [9.17, 15) is 4.79 Å². The van der Waals surface area contributed by atoms with Crippen LogP contribution in [0.4, 0.5) is 0 Å². The molecule has 0 spiro atoms. The van der Waals surface area contributed by atoms with Crippen LogP contribution in [-0.2, 0) is 19.5 Å². The molecule has 1 fully saturated rings. The van der Waals surface area contributed by atoms with E-state index in [0.29, 0.717) is 5.69 Å². The summed E-state index contributed by atoms with van der Waals surface area (Å²) in [6, 6.07) is 8.52. The van der Waals surface area contributed by atoms with Crippen LogP contribution in [0.3, 0.4) is 0 Å². The molecule has 0 unspecified atom stereocenters. The van der Waals surface area contributed by atoms with Crippen LogP contribution < -0.4 is 5.32 Å². The number of amides is 1. The molecule has 4 rings (SSSR count). The van der Waals surface area contributed by atoms with Crippen LogP contribution in [0, 0.1) is 6.92 Å². The molecule has 1 saturated heterocycles. The van der Waals surface area contributed by atoms with E-state index in [-0.39, 0.29) is 18.3 Å². The molecule has 2 aliphatic heterocycles. The molecule has 1 aromatic carbocycles. The van der Waals surface area contributed by atoms with Crippen molar-refractivity contribution < 1.29 is 4.79 Å². The summed E-state index contributed by atoms with van der Waals surface area (Å²) in [6.45, 7) is 8.14. The minimum atomic E-state index is 0. The first-order chi connectivity index (χ1) is 12.2. The maximum atomic E-state index is 12.8. The molecule has 1 amide bonds. The molecule has 3 heterocycles. The van der Waals surface area contributed by atoms with E-state index >= 15 is 0 Å². The van der Waals surface area contributed by atoms with Gasteiger partial charge in [0.15, 0.2) is 5.69 Å². The summed E-state index contributed by atoms with van der Waals surface area (Å²) >= 11 is 0. The second kappa shape index (κ2) is 8.20. The summed E-state index contributed by atoms with van der Waals surface area (Å²) in [5.41, 5.74) is 5.47. The van der Waals surface area contributed by atoms with Crippen LogP contribution in [0.15, 0.2) is 24.3 Å². The Balaban J connectivity index is 0.00000196. The first-order valence-electron chi connectivity index (χ1n) is 9.05. The van der Waals surface area contributed by atoms with Crippen LogP contribution in [0.1, 0.15) is 32.9 Å². The molecule has 0 bridgehead atoms. The van der Waals surface area contributed by atoms with Crippen LogP contribution in [-0.4, -0.2) is 58.6 Å². The van der Waals surface area contributed by atoms with Gasteiger partial charge in [0.25, 0.3) is 5.91 Å². The van der Waals surface area contributed by atoms with E-state index < -0.39 is 0 Å². The monoisotopic (exact) mass is 375 g/mol. The molecule has 1 aromatic heterocycles. The molecule has 0 atom stereocenters. The molecular weight excluding hydrogens is 350 g/mol. The molecular formula is C19H26ClN5O. The van der Waals surface area contributed by atoms with Crippen molar-refractivity contribution in [2.75, 3.05) is 32.7 Å². The molecule has 2 N–H and O–H groups in total. The lowest BCUT2D eigenvalue weighted by atomic mass is 10.1. The number of hydrogen-bond acceptors (Lipinski definition) is 4. The van der Waals surface area contributed by atoms with Gasteiger partial charge in [0, 0.05) is 63.5 Å². The largest absolute Gasteiger partial charge is 0.335 e. The number of carbonyl (C=O) groups is 1. The van der Waals surface area contributed by atoms with Gasteiger partial charge in [-0.05, 0) is 18.1 Å². The van der Waals surface area contributed by atoms with Crippen LogP contribution >= 0.6 is 12.4 Å². The van der Waals surface area contributed by atoms with Crippen molar-refractivity contribution >= 4 is 18.3 Å². The number of hydrogen-bond donors (Lipinski definition) is 2. The number of nitrogens with one attached hydrogen (secondary N) is 2. The average molecular weight is 376 g/mol. The van der Waals surface area contributed by atoms with Crippen LogP contribution in [0.5, 0.6) is 0 Å². The van der Waals surface area contributed by atoms with Crippen LogP contribution in [0.25, 0.3) is 0 Å². The van der Waals surface area contributed by atoms with Crippen LogP contribution in [0.2, 0.25) is 0 Å². The average Bonchev–Trinajstić information content (AvgIpc) is 3.08. The van der Waals surface area contributed by atoms with E-state index in [4.69, 9.17) is 0 Å². The summed E-state index contributed by atoms with van der Waals surface area (Å²) in [4.78, 5) is 17.2. The van der Waals surface area contributed by atoms with Gasteiger partial charge in [-0.25, -0.2) is 0 Å². The minimum Gasteiger partial charge on any atom is -0.335 e. The third kappa shape index (κ3) is 3.77. The Kier molecular flexibility index (Phi) is 5.96. The number of aryl methyl sites for hydroxylation is 1. The minimum absolute atomic E-state index is 0. The van der Waals surface area contributed by atoms with E-state index in [1.807, 2.05) is 4.90 Å². The van der Waals surface area contributed by atoms with Gasteiger partial charge in [0.05, 0.1) is 0 Å². The third-order valence-electron chi connectivity index (χ3n) is 5.32. The van der Waals surface area contributed by atoms with Gasteiger partial charge in [0.1, 0.15) is 0 Å². The fraction of sp³-hybridized carbons (Fsp3) is 0.474. The maximum Gasteiger partial charge on any atom is 0.274 e. The Bertz CT molecular complexity index is 767. The second-order valence-corrected chi connectivity index (χ2v) is 6.95. The number of H-pyrrole nitrogens is 1. The fourth-order valence-electron chi connectivity index (χ4n) is 3.69. The van der Waals surface area contributed by atoms with Gasteiger partial charge >= 0.3 is 0 Å². The fourth-order valence-corrected chi connectivity index (χ4v) is 3.69. The van der Waals surface area contributed by atoms with Gasteiger partial charge in [-0.1, -0.05) is 24.3 Å². The van der Waals surface area contributed by atoms with E-state index in [1.54, 1.807) is 0 Å². The highest BCUT2D eigenvalue weighted by molar-refractivity contribution is 5.94. The van der Waals surface area contributed by atoms with Gasteiger partial charge in [-0.3, -0.25) is 14.8 Å². The Hall–Kier alpha value is -1.89. The molecule has 2 aromatic rings. The Morgan fingerprint density at radius 2 is 1.96 bits per heavy atom. The summed E-state index contributed by atoms with van der Waals surface area (Å²) in [7, 11) is 0. The number of piperazine rings is 1. The smallest absolute Gasteiger partial charge is 0.274 e. The highest BCUT2D eigenvalue weighted by atomic mass is 35.5. The Morgan fingerprint density at radius 3 is 2.73 bits per heavy atom. The van der Waals surface area contributed by atoms with E-state index in [0.717, 1.165) is 63.5 Å². The molecule has 0 radical (unpaired) electrons. The lowest BCUT2D eigenvalue weighted by molar-refractivity contribution is 0.0621. The summed E-state index contributed by atoms with van der Waals surface area (Å²) in [5, 5.41) is 10.7. The summed E-state index contributed by atoms with van der Waals surface area (Å²) in [5.74, 6) is 0.0664. The first kappa shape index (κ1) is 18.9. The predicted molar refractivity (Wildman–Crippen MR) is 104 cm³/mol. The number of halogens is 1. The number of fused-ring (bicyclic) bond motifs is 1. The first-order valence-corrected chi connectivity index (χ1v) is 9.05. The summed E-state index contributed by atoms with van der Waals surface area (Å²) < 4.78 is 0. The topological polar surface area (TPSA) is 64.3 Å². The molecule has 2 aliphatic rings. The maximum absolute atomic E-state index is 12.8. The van der Waals surface area contributed by atoms with Gasteiger partial charge < -0.3 is 10.2 Å². The lowest BCUT2D eigenvalue weighted by Crippen LogP contribution is -2.48. The normalized spacial score (nSPS) is 17.5. The number of aromatic nitrogens is 2. The van der Waals surface area contributed by atoms with Crippen molar-refractivity contribution in [1.82, 2.24) is 25.3 Å². The van der Waals surface area contributed by atoms with Crippen molar-refractivity contribution in [2.24, 2.45) is 0 Å². The summed E-state index contributed by atoms with van der Waals surface area (Å²) in [6.07, 6.45) is 0.916. The quantitative estimate of drug-likeness (QED) is 0.857. The van der Waals surface area contributed by atoms with Crippen molar-refractivity contribution in [3.05, 3.63) is 52.3 Å².